The molecule has 6 rings (SSSR count). The summed E-state index contributed by atoms with van der Waals surface area (Å²) in [7, 11) is 0. The maximum atomic E-state index is 13.9. The number of likely N-dealkylation sites (tertiary alicyclic amines) is 1. The maximum absolute atomic E-state index is 13.9. The minimum atomic E-state index is -0.996. The molecule has 2 fully saturated rings. The average molecular weight is 627 g/mol. The van der Waals surface area contributed by atoms with Gasteiger partial charge in [0.05, 0.1) is 18.2 Å². The molecular formula is C37H46N4O5. The predicted molar refractivity (Wildman–Crippen MR) is 173 cm³/mol. The molecule has 3 heterocycles. The summed E-state index contributed by atoms with van der Waals surface area (Å²) < 4.78 is 5.72. The number of nitriles is 1. The zero-order valence-electron chi connectivity index (χ0n) is 27.7. The van der Waals surface area contributed by atoms with Crippen LogP contribution in [0.25, 0.3) is 0 Å². The van der Waals surface area contributed by atoms with E-state index < -0.39 is 29.3 Å². The van der Waals surface area contributed by atoms with Crippen molar-refractivity contribution < 1.29 is 24.2 Å². The highest BCUT2D eigenvalue weighted by Crippen LogP contribution is 2.52. The van der Waals surface area contributed by atoms with E-state index in [4.69, 9.17) is 4.74 Å². The van der Waals surface area contributed by atoms with Gasteiger partial charge in [-0.15, -0.1) is 0 Å². The molecule has 46 heavy (non-hydrogen) atoms. The Morgan fingerprint density at radius 1 is 1.09 bits per heavy atom. The number of rotatable bonds is 4. The topological polar surface area (TPSA) is 114 Å². The number of fused-ring (bicyclic) bond motifs is 2. The number of aliphatic hydroxyl groups is 1. The van der Waals surface area contributed by atoms with E-state index in [1.54, 1.807) is 21.9 Å². The minimum absolute atomic E-state index is 0.0188. The smallest absolute Gasteiger partial charge is 0.410 e. The number of ether oxygens (including phenoxy) is 1. The summed E-state index contributed by atoms with van der Waals surface area (Å²) in [5.41, 5.74) is 3.12. The van der Waals surface area contributed by atoms with Gasteiger partial charge in [-0.3, -0.25) is 14.5 Å². The lowest BCUT2D eigenvalue weighted by molar-refractivity contribution is -0.0193. The third kappa shape index (κ3) is 6.12. The summed E-state index contributed by atoms with van der Waals surface area (Å²) in [6.07, 6.45) is 2.73. The number of nitrogens with zero attached hydrogens (tertiary/aromatic N) is 4. The Morgan fingerprint density at radius 3 is 2.41 bits per heavy atom. The molecule has 9 nitrogen and oxygen atoms in total. The van der Waals surface area contributed by atoms with E-state index in [0.717, 1.165) is 42.4 Å². The highest BCUT2D eigenvalue weighted by Gasteiger charge is 2.47. The van der Waals surface area contributed by atoms with Gasteiger partial charge in [-0.2, -0.15) is 5.26 Å². The zero-order valence-corrected chi connectivity index (χ0v) is 27.7. The molecule has 3 amide bonds. The quantitative estimate of drug-likeness (QED) is 0.493. The third-order valence-electron chi connectivity index (χ3n) is 10.5. The summed E-state index contributed by atoms with van der Waals surface area (Å²) >= 11 is 0. The summed E-state index contributed by atoms with van der Waals surface area (Å²) in [6, 6.07) is 15.1. The molecule has 3 aliphatic heterocycles. The fourth-order valence-corrected chi connectivity index (χ4v) is 7.99. The number of piperidine rings is 1. The first-order valence-corrected chi connectivity index (χ1v) is 16.6. The van der Waals surface area contributed by atoms with Crippen LogP contribution in [0.15, 0.2) is 42.5 Å². The van der Waals surface area contributed by atoms with Crippen molar-refractivity contribution in [2.75, 3.05) is 26.2 Å². The normalized spacial score (nSPS) is 22.8. The van der Waals surface area contributed by atoms with Crippen LogP contribution in [0.5, 0.6) is 0 Å². The molecule has 4 aliphatic rings. The van der Waals surface area contributed by atoms with Gasteiger partial charge >= 0.3 is 6.09 Å². The molecular weight excluding hydrogens is 580 g/mol. The van der Waals surface area contributed by atoms with Gasteiger partial charge < -0.3 is 19.6 Å². The lowest BCUT2D eigenvalue weighted by atomic mass is 9.58. The van der Waals surface area contributed by atoms with Crippen LogP contribution in [0.4, 0.5) is 4.79 Å². The Morgan fingerprint density at radius 2 is 1.76 bits per heavy atom. The summed E-state index contributed by atoms with van der Waals surface area (Å²) in [5.74, 6) is -0.0503. The predicted octanol–water partition coefficient (Wildman–Crippen LogP) is 5.30. The first-order chi connectivity index (χ1) is 21.7. The highest BCUT2D eigenvalue weighted by atomic mass is 16.6. The molecule has 0 aromatic heterocycles. The summed E-state index contributed by atoms with van der Waals surface area (Å²) in [5, 5.41) is 20.8. The molecule has 9 heteroatoms. The fraction of sp³-hybridized carbons (Fsp3) is 0.568. The van der Waals surface area contributed by atoms with Gasteiger partial charge in [0.2, 0.25) is 0 Å². The Bertz CT molecular complexity index is 1570. The Balaban J connectivity index is 1.17. The summed E-state index contributed by atoms with van der Waals surface area (Å²) in [4.78, 5) is 45.9. The number of aliphatic hydroxyl groups excluding tert-OH is 1. The lowest BCUT2D eigenvalue weighted by Crippen LogP contribution is -2.57. The SMILES string of the molecule is CC(C)(C)OC(=O)N1Cc2ccccc2CC1[C@H](O)CN1CC(C)(C)c2cc(C(=O)N3CCC4(CC3)CC(C#N)C4)ccc2C1=O. The largest absolute Gasteiger partial charge is 0.444 e. The average Bonchev–Trinajstić information content (AvgIpc) is 3.00. The van der Waals surface area contributed by atoms with Crippen LogP contribution >= 0.6 is 0 Å². The van der Waals surface area contributed by atoms with E-state index in [-0.39, 0.29) is 29.7 Å². The second kappa shape index (κ2) is 11.7. The van der Waals surface area contributed by atoms with Gasteiger partial charge in [0.1, 0.15) is 5.60 Å². The molecule has 0 radical (unpaired) electrons. The van der Waals surface area contributed by atoms with Gasteiger partial charge in [-0.05, 0) is 93.2 Å². The van der Waals surface area contributed by atoms with Crippen molar-refractivity contribution in [3.8, 4) is 6.07 Å². The first kappa shape index (κ1) is 32.1. The van der Waals surface area contributed by atoms with Gasteiger partial charge in [-0.25, -0.2) is 4.79 Å². The molecule has 1 N–H and O–H groups in total. The van der Waals surface area contributed by atoms with Crippen LogP contribution in [0.3, 0.4) is 0 Å². The van der Waals surface area contributed by atoms with E-state index in [1.807, 2.05) is 56.0 Å². The number of β-amino-alcohol motifs (C(OH)–C–C–N with tert-alkyl or cyclic N) is 1. The number of carbonyl (C=O) groups is 3. The van der Waals surface area contributed by atoms with Crippen LogP contribution in [0.2, 0.25) is 0 Å². The number of hydrogen-bond donors (Lipinski definition) is 1. The van der Waals surface area contributed by atoms with Crippen molar-refractivity contribution in [3.05, 3.63) is 70.3 Å². The fourth-order valence-electron chi connectivity index (χ4n) is 7.99. The zero-order chi connectivity index (χ0) is 33.0. The van der Waals surface area contributed by atoms with Crippen LogP contribution in [0, 0.1) is 22.7 Å². The third-order valence-corrected chi connectivity index (χ3v) is 10.5. The molecule has 244 valence electrons. The minimum Gasteiger partial charge on any atom is -0.444 e. The molecule has 2 aromatic carbocycles. The van der Waals surface area contributed by atoms with Gasteiger partial charge in [-0.1, -0.05) is 38.1 Å². The molecule has 1 saturated heterocycles. The van der Waals surface area contributed by atoms with Crippen LogP contribution in [-0.2, 0) is 23.1 Å². The Labute approximate surface area is 272 Å². The van der Waals surface area contributed by atoms with Crippen LogP contribution < -0.4 is 0 Å². The van der Waals surface area contributed by atoms with Gasteiger partial charge in [0.25, 0.3) is 11.8 Å². The van der Waals surface area contributed by atoms with Crippen LogP contribution in [-0.4, -0.2) is 81.6 Å². The number of amides is 3. The molecule has 0 bridgehead atoms. The molecule has 1 unspecified atom stereocenters. The van der Waals surface area contributed by atoms with Crippen molar-refractivity contribution in [3.63, 3.8) is 0 Å². The Hall–Kier alpha value is -3.90. The molecule has 1 saturated carbocycles. The van der Waals surface area contributed by atoms with E-state index in [1.165, 1.54) is 0 Å². The van der Waals surface area contributed by atoms with Crippen molar-refractivity contribution in [2.24, 2.45) is 11.3 Å². The Kier molecular flexibility index (Phi) is 8.17. The standard InChI is InChI=1S/C37H46N4O5/c1-35(2,3)46-34(45)41-21-27-9-7-6-8-25(27)17-30(41)31(42)22-40-23-36(4,5)29-16-26(10-11-28(29)33(40)44)32(43)39-14-12-37(13-15-39)18-24(19-37)20-38/h6-11,16,24,30-31,42H,12-15,17-19,21-23H2,1-5H3/t30?,31-/m1/s1. The van der Waals surface area contributed by atoms with Crippen molar-refractivity contribution in [2.45, 2.75) is 96.4 Å². The summed E-state index contributed by atoms with van der Waals surface area (Å²) in [6.45, 7) is 11.7. The van der Waals surface area contributed by atoms with Gasteiger partial charge in [0.15, 0.2) is 0 Å². The first-order valence-electron chi connectivity index (χ1n) is 16.6. The van der Waals surface area contributed by atoms with E-state index in [0.29, 0.717) is 43.7 Å². The molecule has 2 atom stereocenters. The van der Waals surface area contributed by atoms with E-state index in [9.17, 15) is 24.8 Å². The second-order valence-corrected chi connectivity index (χ2v) is 15.6. The van der Waals surface area contributed by atoms with Crippen molar-refractivity contribution in [1.29, 1.82) is 5.26 Å². The van der Waals surface area contributed by atoms with E-state index >= 15 is 0 Å². The van der Waals surface area contributed by atoms with Crippen molar-refractivity contribution >= 4 is 17.9 Å². The van der Waals surface area contributed by atoms with Crippen molar-refractivity contribution in [1.82, 2.24) is 14.7 Å². The molecule has 2 aromatic rings. The second-order valence-electron chi connectivity index (χ2n) is 15.6. The van der Waals surface area contributed by atoms with Crippen LogP contribution in [0.1, 0.15) is 97.7 Å². The monoisotopic (exact) mass is 626 g/mol. The highest BCUT2D eigenvalue weighted by molar-refractivity contribution is 6.00. The number of carbonyl (C=O) groups excluding carboxylic acids is 3. The molecule has 1 aliphatic carbocycles. The molecule has 1 spiro atoms. The van der Waals surface area contributed by atoms with E-state index in [2.05, 4.69) is 19.9 Å². The number of benzene rings is 2. The van der Waals surface area contributed by atoms with Gasteiger partial charge in [0, 0.05) is 55.2 Å². The number of hydrogen-bond acceptors (Lipinski definition) is 6. The lowest BCUT2D eigenvalue weighted by Gasteiger charge is -2.50. The maximum Gasteiger partial charge on any atom is 0.410 e.